The maximum absolute atomic E-state index is 13.6. The van der Waals surface area contributed by atoms with Crippen LogP contribution in [-0.2, 0) is 11.2 Å². The summed E-state index contributed by atoms with van der Waals surface area (Å²) in [5, 5.41) is 6.08. The molecule has 0 radical (unpaired) electrons. The van der Waals surface area contributed by atoms with Crippen molar-refractivity contribution in [3.63, 3.8) is 0 Å². The Bertz CT molecular complexity index is 985. The first-order valence-electron chi connectivity index (χ1n) is 8.71. The van der Waals surface area contributed by atoms with E-state index in [1.54, 1.807) is 0 Å². The van der Waals surface area contributed by atoms with Crippen molar-refractivity contribution < 1.29 is 22.5 Å². The average Bonchev–Trinajstić information content (AvgIpc) is 3.16. The molecule has 28 heavy (non-hydrogen) atoms. The zero-order valence-corrected chi connectivity index (χ0v) is 15.3. The molecular weight excluding hydrogens is 371 g/mol. The summed E-state index contributed by atoms with van der Waals surface area (Å²) in [6, 6.07) is 9.45. The van der Waals surface area contributed by atoms with Gasteiger partial charge in [-0.25, -0.2) is 13.2 Å². The van der Waals surface area contributed by atoms with Crippen molar-refractivity contribution in [2.24, 2.45) is 0 Å². The molecule has 0 bridgehead atoms. The number of benzene rings is 2. The van der Waals surface area contributed by atoms with E-state index in [4.69, 9.17) is 4.52 Å². The number of hydrogen-bond acceptors (Lipinski definition) is 4. The maximum atomic E-state index is 13.6. The summed E-state index contributed by atoms with van der Waals surface area (Å²) in [6.45, 7) is 4.19. The van der Waals surface area contributed by atoms with Crippen LogP contribution in [0.4, 0.5) is 18.9 Å². The molecule has 146 valence electrons. The minimum absolute atomic E-state index is 0.0909. The number of rotatable bonds is 6. The van der Waals surface area contributed by atoms with Crippen molar-refractivity contribution in [3.8, 4) is 11.4 Å². The van der Waals surface area contributed by atoms with Crippen molar-refractivity contribution in [2.75, 3.05) is 5.32 Å². The molecule has 0 unspecified atom stereocenters. The van der Waals surface area contributed by atoms with E-state index in [2.05, 4.69) is 29.3 Å². The first-order chi connectivity index (χ1) is 13.3. The Kier molecular flexibility index (Phi) is 5.77. The molecule has 0 aliphatic heterocycles. The number of amides is 1. The summed E-state index contributed by atoms with van der Waals surface area (Å²) < 4.78 is 44.8. The van der Waals surface area contributed by atoms with Gasteiger partial charge in [-0.2, -0.15) is 4.98 Å². The van der Waals surface area contributed by atoms with E-state index in [-0.39, 0.29) is 18.7 Å². The summed E-state index contributed by atoms with van der Waals surface area (Å²) in [5.41, 5.74) is 1.54. The highest BCUT2D eigenvalue weighted by Crippen LogP contribution is 2.22. The largest absolute Gasteiger partial charge is 0.339 e. The molecule has 3 rings (SSSR count). The van der Waals surface area contributed by atoms with Crippen LogP contribution in [0.15, 0.2) is 40.9 Å². The molecular formula is C20H18F3N3O2. The van der Waals surface area contributed by atoms with Gasteiger partial charge in [0.1, 0.15) is 0 Å². The van der Waals surface area contributed by atoms with Crippen molar-refractivity contribution in [1.82, 2.24) is 10.1 Å². The summed E-state index contributed by atoms with van der Waals surface area (Å²) in [4.78, 5) is 16.2. The van der Waals surface area contributed by atoms with Crippen LogP contribution in [0, 0.1) is 17.5 Å². The third-order valence-electron chi connectivity index (χ3n) is 4.18. The van der Waals surface area contributed by atoms with Crippen LogP contribution in [0.3, 0.4) is 0 Å². The van der Waals surface area contributed by atoms with Gasteiger partial charge < -0.3 is 9.84 Å². The second kappa shape index (κ2) is 8.24. The van der Waals surface area contributed by atoms with Crippen LogP contribution in [0.2, 0.25) is 0 Å². The Morgan fingerprint density at radius 3 is 2.46 bits per heavy atom. The Labute approximate surface area is 159 Å². The van der Waals surface area contributed by atoms with Crippen LogP contribution in [0.1, 0.15) is 37.6 Å². The Hall–Kier alpha value is -3.16. The van der Waals surface area contributed by atoms with Gasteiger partial charge >= 0.3 is 0 Å². The Balaban J connectivity index is 1.60. The molecule has 0 aliphatic carbocycles. The van der Waals surface area contributed by atoms with Crippen LogP contribution < -0.4 is 5.32 Å². The molecule has 0 atom stereocenters. The molecule has 1 N–H and O–H groups in total. The van der Waals surface area contributed by atoms with Gasteiger partial charge in [0.05, 0.1) is 5.69 Å². The van der Waals surface area contributed by atoms with E-state index >= 15 is 0 Å². The molecule has 5 nitrogen and oxygen atoms in total. The first-order valence-corrected chi connectivity index (χ1v) is 8.71. The number of aryl methyl sites for hydroxylation is 1. The fraction of sp³-hybridized carbons (Fsp3) is 0.250. The third-order valence-corrected chi connectivity index (χ3v) is 4.18. The van der Waals surface area contributed by atoms with Crippen LogP contribution >= 0.6 is 0 Å². The van der Waals surface area contributed by atoms with Gasteiger partial charge in [0.25, 0.3) is 0 Å². The fourth-order valence-electron chi connectivity index (χ4n) is 2.55. The predicted molar refractivity (Wildman–Crippen MR) is 97.1 cm³/mol. The Morgan fingerprint density at radius 2 is 1.79 bits per heavy atom. The fourth-order valence-corrected chi connectivity index (χ4v) is 2.55. The molecule has 0 aliphatic rings. The summed E-state index contributed by atoms with van der Waals surface area (Å²) in [5.74, 6) is -3.95. The molecule has 2 aromatic carbocycles. The van der Waals surface area contributed by atoms with Crippen LogP contribution in [-0.4, -0.2) is 16.0 Å². The first kappa shape index (κ1) is 19.6. The van der Waals surface area contributed by atoms with Gasteiger partial charge in [0, 0.05) is 18.4 Å². The zero-order valence-electron chi connectivity index (χ0n) is 15.3. The molecule has 1 amide bonds. The van der Waals surface area contributed by atoms with E-state index in [0.29, 0.717) is 11.7 Å². The van der Waals surface area contributed by atoms with Crippen LogP contribution in [0.5, 0.6) is 0 Å². The number of anilines is 1. The lowest BCUT2D eigenvalue weighted by molar-refractivity contribution is -0.116. The monoisotopic (exact) mass is 389 g/mol. The van der Waals surface area contributed by atoms with E-state index in [1.807, 2.05) is 24.3 Å². The van der Waals surface area contributed by atoms with Crippen molar-refractivity contribution in [1.29, 1.82) is 0 Å². The topological polar surface area (TPSA) is 68.0 Å². The van der Waals surface area contributed by atoms with Crippen molar-refractivity contribution in [3.05, 3.63) is 65.3 Å². The van der Waals surface area contributed by atoms with E-state index in [0.717, 1.165) is 17.7 Å². The van der Waals surface area contributed by atoms with E-state index in [9.17, 15) is 18.0 Å². The van der Waals surface area contributed by atoms with E-state index in [1.165, 1.54) is 5.56 Å². The van der Waals surface area contributed by atoms with Gasteiger partial charge in [0.15, 0.2) is 17.5 Å². The second-order valence-electron chi connectivity index (χ2n) is 6.56. The maximum Gasteiger partial charge on any atom is 0.227 e. The number of carbonyl (C=O) groups excluding carboxylic acids is 1. The lowest BCUT2D eigenvalue weighted by Crippen LogP contribution is -2.14. The normalized spacial score (nSPS) is 11.1. The molecule has 0 spiro atoms. The van der Waals surface area contributed by atoms with E-state index < -0.39 is 29.0 Å². The SMILES string of the molecule is CC(C)c1ccc(-c2noc(CCC(=O)Nc3ccc(F)c(F)c3F)n2)cc1. The Morgan fingerprint density at radius 1 is 1.07 bits per heavy atom. The van der Waals surface area contributed by atoms with Gasteiger partial charge in [0.2, 0.25) is 17.6 Å². The molecule has 8 heteroatoms. The summed E-state index contributed by atoms with van der Waals surface area (Å²) in [6.07, 6.45) is 0.0283. The third kappa shape index (κ3) is 4.39. The number of nitrogens with zero attached hydrogens (tertiary/aromatic N) is 2. The number of aromatic nitrogens is 2. The molecule has 1 aromatic heterocycles. The van der Waals surface area contributed by atoms with Gasteiger partial charge in [-0.05, 0) is 23.6 Å². The van der Waals surface area contributed by atoms with Crippen LogP contribution in [0.25, 0.3) is 11.4 Å². The average molecular weight is 389 g/mol. The molecule has 3 aromatic rings. The number of nitrogens with one attached hydrogen (secondary N) is 1. The minimum Gasteiger partial charge on any atom is -0.339 e. The number of hydrogen-bond donors (Lipinski definition) is 1. The highest BCUT2D eigenvalue weighted by molar-refractivity contribution is 5.90. The molecule has 0 saturated heterocycles. The molecule has 0 saturated carbocycles. The minimum atomic E-state index is -1.64. The highest BCUT2D eigenvalue weighted by Gasteiger charge is 2.16. The van der Waals surface area contributed by atoms with Crippen molar-refractivity contribution in [2.45, 2.75) is 32.6 Å². The highest BCUT2D eigenvalue weighted by atomic mass is 19.2. The predicted octanol–water partition coefficient (Wildman–Crippen LogP) is 4.85. The van der Waals surface area contributed by atoms with Crippen molar-refractivity contribution >= 4 is 11.6 Å². The van der Waals surface area contributed by atoms with Gasteiger partial charge in [-0.3, -0.25) is 4.79 Å². The zero-order chi connectivity index (χ0) is 20.3. The second-order valence-corrected chi connectivity index (χ2v) is 6.56. The quantitative estimate of drug-likeness (QED) is 0.612. The number of carbonyl (C=O) groups is 1. The summed E-state index contributed by atoms with van der Waals surface area (Å²) >= 11 is 0. The lowest BCUT2D eigenvalue weighted by atomic mass is 10.0. The molecule has 0 fully saturated rings. The molecule has 1 heterocycles. The number of halogens is 3. The summed E-state index contributed by atoms with van der Waals surface area (Å²) in [7, 11) is 0. The lowest BCUT2D eigenvalue weighted by Gasteiger charge is -2.06. The standard InChI is InChI=1S/C20H18F3N3O2/c1-11(2)12-3-5-13(6-4-12)20-25-17(28-26-20)10-9-16(27)24-15-8-7-14(21)18(22)19(15)23/h3-8,11H,9-10H2,1-2H3,(H,24,27). The smallest absolute Gasteiger partial charge is 0.227 e. The van der Waals surface area contributed by atoms with Gasteiger partial charge in [-0.1, -0.05) is 43.3 Å². The van der Waals surface area contributed by atoms with Gasteiger partial charge in [-0.15, -0.1) is 0 Å².